The average Bonchev–Trinajstić information content (AvgIpc) is 3.86. The van der Waals surface area contributed by atoms with E-state index >= 15 is 0 Å². The molecule has 0 spiro atoms. The molecule has 1 aliphatic carbocycles. The van der Waals surface area contributed by atoms with Crippen molar-refractivity contribution in [1.82, 2.24) is 39.5 Å². The quantitative estimate of drug-likeness (QED) is 0.221. The Bertz CT molecular complexity index is 1970. The molecule has 0 bridgehead atoms. The number of benzene rings is 1. The maximum absolute atomic E-state index is 13.1. The van der Waals surface area contributed by atoms with Crippen LogP contribution >= 0.6 is 0 Å². The SMILES string of the molecule is CN(C)C(=O)c1cc2cnc(Nc3ccc(CCN4CCN(C5CCN(c6cccc(C7CCC(=O)NC7=O)c6)CC5)CC4)cn3)nc2n1C1CCCC1. The van der Waals surface area contributed by atoms with Gasteiger partial charge in [0, 0.05) is 102 Å². The second kappa shape index (κ2) is 15.8. The Morgan fingerprint density at radius 3 is 2.41 bits per heavy atom. The first-order chi connectivity index (χ1) is 26.3. The minimum absolute atomic E-state index is 0.0147. The van der Waals surface area contributed by atoms with E-state index in [4.69, 9.17) is 9.97 Å². The highest BCUT2D eigenvalue weighted by molar-refractivity contribution is 6.01. The van der Waals surface area contributed by atoms with Crippen molar-refractivity contribution in [2.75, 3.05) is 70.1 Å². The number of piperazine rings is 1. The molecule has 1 aromatic carbocycles. The third-order valence-corrected chi connectivity index (χ3v) is 11.9. The number of imide groups is 1. The number of aromatic nitrogens is 4. The Balaban J connectivity index is 0.800. The predicted molar refractivity (Wildman–Crippen MR) is 209 cm³/mol. The van der Waals surface area contributed by atoms with E-state index in [1.165, 1.54) is 11.3 Å². The smallest absolute Gasteiger partial charge is 0.270 e. The van der Waals surface area contributed by atoms with Crippen molar-refractivity contribution in [2.24, 2.45) is 0 Å². The predicted octanol–water partition coefficient (Wildman–Crippen LogP) is 4.74. The molecule has 284 valence electrons. The van der Waals surface area contributed by atoms with Gasteiger partial charge in [-0.15, -0.1) is 0 Å². The molecule has 3 aromatic heterocycles. The number of pyridine rings is 1. The standard InChI is InChI=1S/C41H52N10O3/c1-47(2)40(54)35-25-30-27-43-41(46-38(30)51(35)32-7-3-4-8-32)44-36-12-10-28(26-42-36)14-17-48-20-22-50(23-21-48)31-15-18-49(19-16-31)33-9-5-6-29(24-33)34-11-13-37(52)45-39(34)53/h5-6,9-10,12,24-27,31-32,34H,3-4,7-8,11,13-23H2,1-2H3,(H,45,52,53)(H,42,43,44,46). The van der Waals surface area contributed by atoms with Crippen molar-refractivity contribution in [1.29, 1.82) is 0 Å². The number of nitrogens with one attached hydrogen (secondary N) is 2. The molecule has 4 aromatic rings. The summed E-state index contributed by atoms with van der Waals surface area (Å²) in [5.41, 5.74) is 4.84. The fourth-order valence-corrected chi connectivity index (χ4v) is 8.83. The van der Waals surface area contributed by atoms with E-state index in [1.54, 1.807) is 25.2 Å². The summed E-state index contributed by atoms with van der Waals surface area (Å²) in [6.07, 6.45) is 12.4. The highest BCUT2D eigenvalue weighted by Gasteiger charge is 2.31. The van der Waals surface area contributed by atoms with Gasteiger partial charge in [-0.05, 0) is 73.9 Å². The van der Waals surface area contributed by atoms with E-state index in [0.29, 0.717) is 36.3 Å². The van der Waals surface area contributed by atoms with Gasteiger partial charge in [-0.2, -0.15) is 4.98 Å². The van der Waals surface area contributed by atoms with E-state index in [0.717, 1.165) is 107 Å². The van der Waals surface area contributed by atoms with Crippen molar-refractivity contribution in [3.8, 4) is 0 Å². The van der Waals surface area contributed by atoms with E-state index in [9.17, 15) is 14.4 Å². The van der Waals surface area contributed by atoms with Gasteiger partial charge in [0.05, 0.1) is 5.92 Å². The summed E-state index contributed by atoms with van der Waals surface area (Å²) < 4.78 is 2.13. The molecule has 13 heteroatoms. The third kappa shape index (κ3) is 7.83. The number of hydrogen-bond acceptors (Lipinski definition) is 10. The molecule has 0 radical (unpaired) electrons. The van der Waals surface area contributed by atoms with Gasteiger partial charge in [-0.25, -0.2) is 9.97 Å². The number of nitrogens with zero attached hydrogens (tertiary/aromatic N) is 8. The van der Waals surface area contributed by atoms with Crippen molar-refractivity contribution in [3.63, 3.8) is 0 Å². The lowest BCUT2D eigenvalue weighted by Gasteiger charge is -2.43. The molecule has 8 rings (SSSR count). The first-order valence-corrected chi connectivity index (χ1v) is 19.8. The molecular weight excluding hydrogens is 681 g/mol. The molecule has 54 heavy (non-hydrogen) atoms. The number of piperidine rings is 2. The Hall–Kier alpha value is -4.88. The minimum atomic E-state index is -0.247. The van der Waals surface area contributed by atoms with Crippen LogP contribution in [0.3, 0.4) is 0 Å². The Morgan fingerprint density at radius 1 is 0.889 bits per heavy atom. The van der Waals surface area contributed by atoms with Crippen LogP contribution in [0.1, 0.15) is 84.9 Å². The van der Waals surface area contributed by atoms with Gasteiger partial charge in [0.15, 0.2) is 0 Å². The summed E-state index contributed by atoms with van der Waals surface area (Å²) in [6, 6.07) is 15.3. The lowest BCUT2D eigenvalue weighted by Crippen LogP contribution is -2.53. The largest absolute Gasteiger partial charge is 0.371 e. The summed E-state index contributed by atoms with van der Waals surface area (Å²) >= 11 is 0. The van der Waals surface area contributed by atoms with E-state index in [1.807, 2.05) is 30.5 Å². The van der Waals surface area contributed by atoms with Crippen LogP contribution in [0.15, 0.2) is 54.9 Å². The normalized spacial score (nSPS) is 20.8. The molecule has 13 nitrogen and oxygen atoms in total. The third-order valence-electron chi connectivity index (χ3n) is 11.9. The van der Waals surface area contributed by atoms with Crippen molar-refractivity contribution in [3.05, 3.63) is 71.7 Å². The average molecular weight is 733 g/mol. The first-order valence-electron chi connectivity index (χ1n) is 19.8. The van der Waals surface area contributed by atoms with Crippen LogP contribution in [-0.2, 0) is 16.0 Å². The maximum Gasteiger partial charge on any atom is 0.270 e. The molecule has 1 atom stereocenters. The fraction of sp³-hybridized carbons (Fsp3) is 0.512. The van der Waals surface area contributed by atoms with Gasteiger partial charge >= 0.3 is 0 Å². The molecule has 6 heterocycles. The number of carbonyl (C=O) groups is 3. The zero-order chi connectivity index (χ0) is 37.2. The Kier molecular flexibility index (Phi) is 10.6. The van der Waals surface area contributed by atoms with Gasteiger partial charge < -0.3 is 24.6 Å². The molecule has 4 aliphatic rings. The molecule has 1 unspecified atom stereocenters. The summed E-state index contributed by atoms with van der Waals surface area (Å²) in [5.74, 6) is 0.566. The lowest BCUT2D eigenvalue weighted by molar-refractivity contribution is -0.134. The second-order valence-corrected chi connectivity index (χ2v) is 15.6. The molecule has 1 saturated carbocycles. The zero-order valence-corrected chi connectivity index (χ0v) is 31.5. The van der Waals surface area contributed by atoms with Crippen LogP contribution in [-0.4, -0.2) is 118 Å². The number of carbonyl (C=O) groups excluding carboxylic acids is 3. The van der Waals surface area contributed by atoms with Crippen molar-refractivity contribution >= 4 is 46.2 Å². The number of amides is 3. The molecule has 3 saturated heterocycles. The van der Waals surface area contributed by atoms with Gasteiger partial charge in [0.2, 0.25) is 17.8 Å². The van der Waals surface area contributed by atoms with E-state index in [2.05, 4.69) is 53.1 Å². The maximum atomic E-state index is 13.1. The van der Waals surface area contributed by atoms with Gasteiger partial charge in [0.25, 0.3) is 5.91 Å². The molecule has 3 aliphatic heterocycles. The van der Waals surface area contributed by atoms with Crippen LogP contribution in [0.25, 0.3) is 11.0 Å². The second-order valence-electron chi connectivity index (χ2n) is 15.6. The Morgan fingerprint density at radius 2 is 1.69 bits per heavy atom. The zero-order valence-electron chi connectivity index (χ0n) is 31.5. The summed E-state index contributed by atoms with van der Waals surface area (Å²) in [4.78, 5) is 60.5. The topological polar surface area (TPSA) is 132 Å². The first kappa shape index (κ1) is 36.1. The fourth-order valence-electron chi connectivity index (χ4n) is 8.83. The van der Waals surface area contributed by atoms with Gasteiger partial charge in [-0.1, -0.05) is 31.0 Å². The summed E-state index contributed by atoms with van der Waals surface area (Å²) in [5, 5.41) is 6.66. The number of fused-ring (bicyclic) bond motifs is 1. The Labute approximate surface area is 317 Å². The van der Waals surface area contributed by atoms with Crippen molar-refractivity contribution in [2.45, 2.75) is 75.8 Å². The monoisotopic (exact) mass is 732 g/mol. The van der Waals surface area contributed by atoms with Crippen LogP contribution in [0.4, 0.5) is 17.5 Å². The highest BCUT2D eigenvalue weighted by Crippen LogP contribution is 2.35. The van der Waals surface area contributed by atoms with E-state index < -0.39 is 0 Å². The van der Waals surface area contributed by atoms with Gasteiger partial charge in [0.1, 0.15) is 17.2 Å². The highest BCUT2D eigenvalue weighted by atomic mass is 16.2. The summed E-state index contributed by atoms with van der Waals surface area (Å²) in [6.45, 7) is 7.36. The van der Waals surface area contributed by atoms with E-state index in [-0.39, 0.29) is 29.7 Å². The van der Waals surface area contributed by atoms with Crippen molar-refractivity contribution < 1.29 is 14.4 Å². The van der Waals surface area contributed by atoms with Crippen LogP contribution < -0.4 is 15.5 Å². The van der Waals surface area contributed by atoms with Crippen LogP contribution in [0.5, 0.6) is 0 Å². The molecule has 4 fully saturated rings. The molecule has 2 N–H and O–H groups in total. The summed E-state index contributed by atoms with van der Waals surface area (Å²) in [7, 11) is 3.58. The van der Waals surface area contributed by atoms with Crippen LogP contribution in [0, 0.1) is 0 Å². The molecular formula is C41H52N10O3. The van der Waals surface area contributed by atoms with Gasteiger partial charge in [-0.3, -0.25) is 24.6 Å². The number of anilines is 3. The number of rotatable bonds is 10. The lowest BCUT2D eigenvalue weighted by atomic mass is 9.90. The minimum Gasteiger partial charge on any atom is -0.371 e. The molecule has 3 amide bonds. The number of hydrogen-bond donors (Lipinski definition) is 2. The van der Waals surface area contributed by atoms with Crippen LogP contribution in [0.2, 0.25) is 0 Å².